The average Bonchev–Trinajstić information content (AvgIpc) is 2.53. The largest absolute Gasteiger partial charge is 0.480 e. The maximum absolute atomic E-state index is 10.4. The molecule has 2 unspecified atom stereocenters. The van der Waals surface area contributed by atoms with Crippen molar-refractivity contribution in [3.05, 3.63) is 0 Å². The van der Waals surface area contributed by atoms with E-state index < -0.39 is 11.9 Å². The fraction of sp³-hybridized carbons (Fsp3) is 0.875. The van der Waals surface area contributed by atoms with E-state index in [0.29, 0.717) is 13.2 Å². The first-order chi connectivity index (χ1) is 12.2. The molecule has 0 radical (unpaired) electrons. The van der Waals surface area contributed by atoms with Gasteiger partial charge in [0.1, 0.15) is 24.1 Å². The molecule has 0 saturated heterocycles. The predicted molar refractivity (Wildman–Crippen MR) is 101 cm³/mol. The van der Waals surface area contributed by atoms with E-state index in [2.05, 4.69) is 0 Å². The predicted octanol–water partition coefficient (Wildman–Crippen LogP) is 2.57. The number of ether oxygens (including phenoxy) is 4. The average molecular weight is 415 g/mol. The summed E-state index contributed by atoms with van der Waals surface area (Å²) in [7, 11) is 3.12. The van der Waals surface area contributed by atoms with Gasteiger partial charge in [0.2, 0.25) is 0 Å². The second-order valence-corrected chi connectivity index (χ2v) is 8.52. The van der Waals surface area contributed by atoms with Crippen molar-refractivity contribution in [2.24, 2.45) is 11.8 Å². The van der Waals surface area contributed by atoms with E-state index in [1.807, 2.05) is 27.7 Å². The summed E-state index contributed by atoms with van der Waals surface area (Å²) in [6.07, 6.45) is 0. The van der Waals surface area contributed by atoms with Crippen LogP contribution in [0.3, 0.4) is 0 Å². The highest BCUT2D eigenvalue weighted by atomic mass is 33.1. The van der Waals surface area contributed by atoms with Gasteiger partial charge in [0.15, 0.2) is 0 Å². The molecular formula is C16H30O8S2. The molecule has 0 spiro atoms. The van der Waals surface area contributed by atoms with E-state index in [1.165, 1.54) is 0 Å². The molecular weight excluding hydrogens is 384 g/mol. The van der Waals surface area contributed by atoms with Crippen molar-refractivity contribution >= 4 is 33.5 Å². The zero-order chi connectivity index (χ0) is 19.9. The number of hydrogen-bond donors (Lipinski definition) is 2. The fourth-order valence-electron chi connectivity index (χ4n) is 1.54. The summed E-state index contributed by atoms with van der Waals surface area (Å²) in [5, 5.41) is 17.0. The van der Waals surface area contributed by atoms with Gasteiger partial charge in [-0.1, -0.05) is 49.3 Å². The topological polar surface area (TPSA) is 112 Å². The normalized spacial score (nSPS) is 13.9. The van der Waals surface area contributed by atoms with Crippen molar-refractivity contribution in [1.29, 1.82) is 0 Å². The van der Waals surface area contributed by atoms with Gasteiger partial charge in [-0.25, -0.2) is 9.59 Å². The Balaban J connectivity index is 4.13. The third-order valence-electron chi connectivity index (χ3n) is 2.80. The molecule has 0 rings (SSSR count). The molecule has 0 aromatic rings. The van der Waals surface area contributed by atoms with Gasteiger partial charge in [-0.05, 0) is 11.8 Å². The third kappa shape index (κ3) is 14.6. The molecule has 2 atom stereocenters. The summed E-state index contributed by atoms with van der Waals surface area (Å²) in [6.45, 7) is 8.61. The highest BCUT2D eigenvalue weighted by Crippen LogP contribution is 2.38. The second kappa shape index (κ2) is 15.5. The van der Waals surface area contributed by atoms with Crippen LogP contribution in [0, 0.1) is 11.8 Å². The minimum Gasteiger partial charge on any atom is -0.480 e. The lowest BCUT2D eigenvalue weighted by Gasteiger charge is -2.25. The van der Waals surface area contributed by atoms with Crippen LogP contribution in [0.1, 0.15) is 27.7 Å². The van der Waals surface area contributed by atoms with Gasteiger partial charge in [0.25, 0.3) is 0 Å². The van der Waals surface area contributed by atoms with E-state index in [-0.39, 0.29) is 49.1 Å². The molecule has 8 nitrogen and oxygen atoms in total. The summed E-state index contributed by atoms with van der Waals surface area (Å²) in [5.41, 5.74) is -0.164. The molecule has 10 heteroatoms. The monoisotopic (exact) mass is 414 g/mol. The number of carbonyl (C=O) groups is 2. The number of hydrogen-bond acceptors (Lipinski definition) is 8. The third-order valence-corrected chi connectivity index (χ3v) is 6.13. The Labute approximate surface area is 162 Å². The van der Waals surface area contributed by atoms with Gasteiger partial charge in [-0.15, -0.1) is 0 Å². The van der Waals surface area contributed by atoms with Crippen molar-refractivity contribution in [3.63, 3.8) is 0 Å². The summed E-state index contributed by atoms with van der Waals surface area (Å²) in [6, 6.07) is 0. The molecule has 0 amide bonds. The maximum Gasteiger partial charge on any atom is 0.329 e. The molecule has 154 valence electrons. The van der Waals surface area contributed by atoms with Gasteiger partial charge in [-0.2, -0.15) is 0 Å². The van der Waals surface area contributed by atoms with Crippen molar-refractivity contribution in [1.82, 2.24) is 0 Å². The zero-order valence-corrected chi connectivity index (χ0v) is 17.3. The molecule has 0 fully saturated rings. The second-order valence-electron chi connectivity index (χ2n) is 6.05. The van der Waals surface area contributed by atoms with Gasteiger partial charge >= 0.3 is 11.9 Å². The minimum absolute atomic E-state index is 0.0819. The first kappa shape index (κ1) is 25.5. The molecule has 0 aliphatic rings. The Morgan fingerprint density at radius 1 is 0.731 bits per heavy atom. The lowest BCUT2D eigenvalue weighted by atomic mass is 10.2. The zero-order valence-electron chi connectivity index (χ0n) is 15.7. The van der Waals surface area contributed by atoms with Crippen LogP contribution < -0.4 is 0 Å². The Morgan fingerprint density at radius 3 is 1.35 bits per heavy atom. The molecule has 0 aromatic carbocycles. The SMILES string of the molecule is CC(C)C(OCCOCC(=O)O)SSC(OCCOCC(=O)O)C(C)C. The van der Waals surface area contributed by atoms with E-state index >= 15 is 0 Å². The van der Waals surface area contributed by atoms with Crippen LogP contribution in [-0.2, 0) is 28.5 Å². The van der Waals surface area contributed by atoms with E-state index in [1.54, 1.807) is 21.6 Å². The Hall–Kier alpha value is -0.520. The van der Waals surface area contributed by atoms with Gasteiger partial charge in [0.05, 0.1) is 26.4 Å². The first-order valence-corrected chi connectivity index (χ1v) is 10.7. The molecule has 0 heterocycles. The Morgan fingerprint density at radius 2 is 1.08 bits per heavy atom. The van der Waals surface area contributed by atoms with Crippen molar-refractivity contribution in [3.8, 4) is 0 Å². The van der Waals surface area contributed by atoms with Crippen LogP contribution in [0.2, 0.25) is 0 Å². The van der Waals surface area contributed by atoms with Crippen LogP contribution in [0.4, 0.5) is 0 Å². The molecule has 0 bridgehead atoms. The van der Waals surface area contributed by atoms with Crippen LogP contribution >= 0.6 is 21.6 Å². The van der Waals surface area contributed by atoms with Crippen molar-refractivity contribution < 1.29 is 38.7 Å². The molecule has 0 saturated carbocycles. The van der Waals surface area contributed by atoms with Gasteiger partial charge in [0, 0.05) is 0 Å². The van der Waals surface area contributed by atoms with Crippen molar-refractivity contribution in [2.75, 3.05) is 39.6 Å². The molecule has 0 aromatic heterocycles. The lowest BCUT2D eigenvalue weighted by molar-refractivity contribution is -0.143. The molecule has 0 aliphatic heterocycles. The van der Waals surface area contributed by atoms with Gasteiger partial charge < -0.3 is 29.2 Å². The lowest BCUT2D eigenvalue weighted by Crippen LogP contribution is -2.22. The molecule has 0 aliphatic carbocycles. The van der Waals surface area contributed by atoms with Crippen LogP contribution in [0.25, 0.3) is 0 Å². The van der Waals surface area contributed by atoms with E-state index in [4.69, 9.17) is 29.2 Å². The number of carboxylic acids is 2. The standard InChI is InChI=1S/C16H30O8S2/c1-11(2)15(23-7-5-21-9-13(17)18)25-26-16(12(3)4)24-8-6-22-10-14(19)20/h11-12,15-16H,5-10H2,1-4H3,(H,17,18)(H,19,20). The highest BCUT2D eigenvalue weighted by Gasteiger charge is 2.21. The van der Waals surface area contributed by atoms with Crippen LogP contribution in [0.5, 0.6) is 0 Å². The van der Waals surface area contributed by atoms with Gasteiger partial charge in [-0.3, -0.25) is 0 Å². The smallest absolute Gasteiger partial charge is 0.329 e. The Bertz CT molecular complexity index is 356. The highest BCUT2D eigenvalue weighted by molar-refractivity contribution is 8.77. The first-order valence-electron chi connectivity index (χ1n) is 8.38. The fourth-order valence-corrected chi connectivity index (χ4v) is 4.83. The molecule has 26 heavy (non-hydrogen) atoms. The maximum atomic E-state index is 10.4. The number of carboxylic acid groups (broad SMARTS) is 2. The summed E-state index contributed by atoms with van der Waals surface area (Å²) < 4.78 is 21.4. The number of aliphatic carboxylic acids is 2. The molecule has 2 N–H and O–H groups in total. The summed E-state index contributed by atoms with van der Waals surface area (Å²) in [4.78, 5) is 20.8. The quantitative estimate of drug-likeness (QED) is 0.209. The minimum atomic E-state index is -1.00. The van der Waals surface area contributed by atoms with Crippen LogP contribution in [0.15, 0.2) is 0 Å². The van der Waals surface area contributed by atoms with Crippen molar-refractivity contribution in [2.45, 2.75) is 38.6 Å². The van der Waals surface area contributed by atoms with Crippen LogP contribution in [-0.4, -0.2) is 72.7 Å². The summed E-state index contributed by atoms with van der Waals surface area (Å²) in [5.74, 6) is -1.48. The van der Waals surface area contributed by atoms with E-state index in [0.717, 1.165) is 0 Å². The van der Waals surface area contributed by atoms with E-state index in [9.17, 15) is 9.59 Å². The summed E-state index contributed by atoms with van der Waals surface area (Å²) >= 11 is 0. The number of rotatable bonds is 17. The Kier molecular flexibility index (Phi) is 15.2.